The molecular formula is C23H30N2O3. The van der Waals surface area contributed by atoms with Crippen molar-refractivity contribution in [2.24, 2.45) is 11.8 Å². The van der Waals surface area contributed by atoms with E-state index in [0.717, 1.165) is 25.8 Å². The quantitative estimate of drug-likeness (QED) is 0.850. The minimum atomic E-state index is -0.123. The third-order valence-corrected chi connectivity index (χ3v) is 7.81. The maximum atomic E-state index is 13.2. The summed E-state index contributed by atoms with van der Waals surface area (Å²) in [4.78, 5) is 27.9. The molecule has 0 radical (unpaired) electrons. The molecule has 0 spiro atoms. The van der Waals surface area contributed by atoms with Crippen LogP contribution < -0.4 is 5.32 Å². The summed E-state index contributed by atoms with van der Waals surface area (Å²) in [7, 11) is 0. The maximum Gasteiger partial charge on any atom is 0.223 e. The van der Waals surface area contributed by atoms with Crippen molar-refractivity contribution in [3.8, 4) is 0 Å². The lowest BCUT2D eigenvalue weighted by atomic mass is 9.50. The molecule has 5 nitrogen and oxygen atoms in total. The summed E-state index contributed by atoms with van der Waals surface area (Å²) in [5.74, 6) is 0.758. The first-order valence-corrected chi connectivity index (χ1v) is 10.8. The van der Waals surface area contributed by atoms with Crippen LogP contribution in [0.4, 0.5) is 0 Å². The van der Waals surface area contributed by atoms with Gasteiger partial charge in [-0.25, -0.2) is 0 Å². The van der Waals surface area contributed by atoms with Gasteiger partial charge in [0.15, 0.2) is 0 Å². The van der Waals surface area contributed by atoms with Crippen molar-refractivity contribution >= 4 is 11.7 Å². The molecule has 1 N–H and O–H groups in total. The van der Waals surface area contributed by atoms with Gasteiger partial charge in [0, 0.05) is 43.3 Å². The van der Waals surface area contributed by atoms with E-state index >= 15 is 0 Å². The predicted molar refractivity (Wildman–Crippen MR) is 106 cm³/mol. The maximum absolute atomic E-state index is 13.2. The van der Waals surface area contributed by atoms with Crippen LogP contribution in [0.15, 0.2) is 18.2 Å². The number of benzene rings is 1. The van der Waals surface area contributed by atoms with E-state index in [0.29, 0.717) is 56.9 Å². The zero-order chi connectivity index (χ0) is 19.3. The molecule has 0 aromatic heterocycles. The number of aryl methyl sites for hydroxylation is 1. The average molecular weight is 383 g/mol. The highest BCUT2D eigenvalue weighted by molar-refractivity contribution is 5.89. The number of amides is 1. The SMILES string of the molecule is Cc1cccc2c1CC1NCCC23CC(=O)C(CC(=O)N2CCOCC2)CC13. The Balaban J connectivity index is 1.41. The Bertz CT molecular complexity index is 801. The molecule has 150 valence electrons. The van der Waals surface area contributed by atoms with Crippen molar-refractivity contribution in [2.45, 2.75) is 50.5 Å². The Kier molecular flexibility index (Phi) is 4.55. The number of hydrogen-bond donors (Lipinski definition) is 1. The zero-order valence-corrected chi connectivity index (χ0v) is 16.7. The highest BCUT2D eigenvalue weighted by atomic mass is 16.5. The fourth-order valence-corrected chi connectivity index (χ4v) is 6.35. The summed E-state index contributed by atoms with van der Waals surface area (Å²) in [6.45, 7) is 5.71. The summed E-state index contributed by atoms with van der Waals surface area (Å²) in [5, 5.41) is 3.74. The predicted octanol–water partition coefficient (Wildman–Crippen LogP) is 2.00. The standard InChI is InChI=1S/C23H30N2O3/c1-15-3-2-4-18-17(15)13-20-19-11-16(12-22(27)25-7-9-28-10-8-25)21(26)14-23(18,19)5-6-24-20/h2-4,16,19-20,24H,5-14H2,1H3. The normalized spacial score (nSPS) is 34.5. The molecule has 1 amide bonds. The number of ketones is 1. The van der Waals surface area contributed by atoms with Gasteiger partial charge in [-0.3, -0.25) is 9.59 Å². The number of nitrogens with zero attached hydrogens (tertiary/aromatic N) is 1. The molecule has 1 aromatic rings. The van der Waals surface area contributed by atoms with Crippen LogP contribution in [0.5, 0.6) is 0 Å². The van der Waals surface area contributed by atoms with Gasteiger partial charge in [-0.05, 0) is 55.3 Å². The highest BCUT2D eigenvalue weighted by Gasteiger charge is 2.55. The third-order valence-electron chi connectivity index (χ3n) is 7.81. The third kappa shape index (κ3) is 2.82. The number of ether oxygens (including phenoxy) is 1. The van der Waals surface area contributed by atoms with Crippen LogP contribution in [-0.4, -0.2) is 55.5 Å². The first-order valence-electron chi connectivity index (χ1n) is 10.8. The number of morpholine rings is 1. The Morgan fingerprint density at radius 3 is 2.96 bits per heavy atom. The minimum Gasteiger partial charge on any atom is -0.378 e. The van der Waals surface area contributed by atoms with Crippen molar-refractivity contribution in [1.29, 1.82) is 0 Å². The first kappa shape index (κ1) is 18.3. The van der Waals surface area contributed by atoms with E-state index in [-0.39, 0.29) is 17.2 Å². The topological polar surface area (TPSA) is 58.6 Å². The van der Waals surface area contributed by atoms with E-state index in [1.54, 1.807) is 0 Å². The van der Waals surface area contributed by atoms with Crippen LogP contribution in [-0.2, 0) is 26.2 Å². The second-order valence-electron chi connectivity index (χ2n) is 9.15. The molecule has 3 fully saturated rings. The number of Topliss-reactive ketones (excluding diaryl/α,β-unsaturated/α-hetero) is 1. The van der Waals surface area contributed by atoms with Gasteiger partial charge in [-0.2, -0.15) is 0 Å². The molecule has 1 saturated carbocycles. The van der Waals surface area contributed by atoms with Crippen LogP contribution in [0.1, 0.15) is 42.4 Å². The monoisotopic (exact) mass is 382 g/mol. The van der Waals surface area contributed by atoms with Gasteiger partial charge >= 0.3 is 0 Å². The van der Waals surface area contributed by atoms with Crippen molar-refractivity contribution in [3.63, 3.8) is 0 Å². The summed E-state index contributed by atoms with van der Waals surface area (Å²) < 4.78 is 5.35. The van der Waals surface area contributed by atoms with Crippen molar-refractivity contribution in [3.05, 3.63) is 34.9 Å². The summed E-state index contributed by atoms with van der Waals surface area (Å²) in [6, 6.07) is 7.04. The minimum absolute atomic E-state index is 0.0227. The molecule has 28 heavy (non-hydrogen) atoms. The van der Waals surface area contributed by atoms with Gasteiger partial charge in [0.1, 0.15) is 5.78 Å². The van der Waals surface area contributed by atoms with Gasteiger partial charge in [0.05, 0.1) is 13.2 Å². The summed E-state index contributed by atoms with van der Waals surface area (Å²) in [5.41, 5.74) is 4.19. The molecule has 5 heteroatoms. The van der Waals surface area contributed by atoms with Crippen LogP contribution >= 0.6 is 0 Å². The molecule has 5 rings (SSSR count). The Morgan fingerprint density at radius 1 is 1.32 bits per heavy atom. The van der Waals surface area contributed by atoms with E-state index in [1.165, 1.54) is 16.7 Å². The Morgan fingerprint density at radius 2 is 2.14 bits per heavy atom. The van der Waals surface area contributed by atoms with E-state index in [2.05, 4.69) is 30.4 Å². The Hall–Kier alpha value is -1.72. The van der Waals surface area contributed by atoms with Crippen molar-refractivity contribution < 1.29 is 14.3 Å². The molecule has 2 aliphatic heterocycles. The number of carbonyl (C=O) groups excluding carboxylic acids is 2. The molecule has 2 saturated heterocycles. The molecule has 4 aliphatic rings. The highest BCUT2D eigenvalue weighted by Crippen LogP contribution is 2.54. The van der Waals surface area contributed by atoms with Crippen LogP contribution in [0.2, 0.25) is 0 Å². The smallest absolute Gasteiger partial charge is 0.223 e. The van der Waals surface area contributed by atoms with Crippen LogP contribution in [0.25, 0.3) is 0 Å². The molecular weight excluding hydrogens is 352 g/mol. The molecule has 4 atom stereocenters. The van der Waals surface area contributed by atoms with E-state index in [9.17, 15) is 9.59 Å². The van der Waals surface area contributed by atoms with Gasteiger partial charge in [-0.1, -0.05) is 18.2 Å². The zero-order valence-electron chi connectivity index (χ0n) is 16.7. The lowest BCUT2D eigenvalue weighted by molar-refractivity contribution is -0.142. The number of nitrogens with one attached hydrogen (secondary N) is 1. The molecule has 4 unspecified atom stereocenters. The van der Waals surface area contributed by atoms with E-state index < -0.39 is 0 Å². The number of rotatable bonds is 2. The van der Waals surface area contributed by atoms with Crippen LogP contribution in [0.3, 0.4) is 0 Å². The molecule has 2 bridgehead atoms. The molecule has 1 aromatic carbocycles. The van der Waals surface area contributed by atoms with Crippen LogP contribution in [0, 0.1) is 18.8 Å². The van der Waals surface area contributed by atoms with Gasteiger partial charge in [0.2, 0.25) is 5.91 Å². The first-order chi connectivity index (χ1) is 13.6. The largest absolute Gasteiger partial charge is 0.378 e. The number of hydrogen-bond acceptors (Lipinski definition) is 4. The fraction of sp³-hybridized carbons (Fsp3) is 0.652. The molecule has 2 aliphatic carbocycles. The van der Waals surface area contributed by atoms with E-state index in [4.69, 9.17) is 4.74 Å². The summed E-state index contributed by atoms with van der Waals surface area (Å²) >= 11 is 0. The van der Waals surface area contributed by atoms with E-state index in [1.807, 2.05) is 4.90 Å². The fourth-order valence-electron chi connectivity index (χ4n) is 6.35. The number of fused-ring (bicyclic) bond motifs is 1. The molecule has 2 heterocycles. The summed E-state index contributed by atoms with van der Waals surface area (Å²) in [6.07, 6.45) is 3.90. The lowest BCUT2D eigenvalue weighted by Crippen LogP contribution is -2.62. The van der Waals surface area contributed by atoms with Gasteiger partial charge in [-0.15, -0.1) is 0 Å². The average Bonchev–Trinajstić information content (AvgIpc) is 2.70. The Labute approximate surface area is 166 Å². The number of carbonyl (C=O) groups is 2. The van der Waals surface area contributed by atoms with Gasteiger partial charge in [0.25, 0.3) is 0 Å². The van der Waals surface area contributed by atoms with Crippen molar-refractivity contribution in [2.75, 3.05) is 32.8 Å². The number of piperidine rings is 1. The lowest BCUT2D eigenvalue weighted by Gasteiger charge is -2.57. The van der Waals surface area contributed by atoms with Gasteiger partial charge < -0.3 is 15.0 Å². The van der Waals surface area contributed by atoms with Crippen molar-refractivity contribution in [1.82, 2.24) is 10.2 Å². The second kappa shape index (κ2) is 6.96. The second-order valence-corrected chi connectivity index (χ2v) is 9.15.